The fourth-order valence-electron chi connectivity index (χ4n) is 2.45. The van der Waals surface area contributed by atoms with Crippen molar-refractivity contribution in [2.45, 2.75) is 51.6 Å². The third-order valence-electron chi connectivity index (χ3n) is 3.42. The van der Waals surface area contributed by atoms with E-state index in [0.717, 1.165) is 35.9 Å². The normalized spacial score (nSPS) is 24.8. The van der Waals surface area contributed by atoms with Gasteiger partial charge in [-0.2, -0.15) is 0 Å². The Morgan fingerprint density at radius 1 is 1.35 bits per heavy atom. The Morgan fingerprint density at radius 3 is 2.88 bits per heavy atom. The van der Waals surface area contributed by atoms with Crippen LogP contribution in [-0.4, -0.2) is 28.0 Å². The number of nitrogens with zero attached hydrogens (tertiary/aromatic N) is 2. The maximum Gasteiger partial charge on any atom is 0.205 e. The van der Waals surface area contributed by atoms with E-state index < -0.39 is 0 Å². The first-order valence-electron chi connectivity index (χ1n) is 6.48. The van der Waals surface area contributed by atoms with Crippen LogP contribution in [0.25, 0.3) is 0 Å². The quantitative estimate of drug-likeness (QED) is 0.794. The molecule has 0 saturated heterocycles. The minimum absolute atomic E-state index is 0.0625. The molecule has 4 nitrogen and oxygen atoms in total. The average molecular weight is 255 g/mol. The number of rotatable bonds is 5. The van der Waals surface area contributed by atoms with Gasteiger partial charge >= 0.3 is 0 Å². The number of hydrogen-bond acceptors (Lipinski definition) is 5. The highest BCUT2D eigenvalue weighted by Gasteiger charge is 2.22. The molecule has 2 rings (SSSR count). The van der Waals surface area contributed by atoms with Crippen LogP contribution in [0, 0.1) is 12.8 Å². The zero-order valence-electron chi connectivity index (χ0n) is 10.4. The largest absolute Gasteiger partial charge is 0.393 e. The van der Waals surface area contributed by atoms with Gasteiger partial charge in [0.25, 0.3) is 0 Å². The predicted octanol–water partition coefficient (Wildman–Crippen LogP) is 2.59. The van der Waals surface area contributed by atoms with Crippen LogP contribution in [0.2, 0.25) is 0 Å². The molecule has 0 bridgehead atoms. The van der Waals surface area contributed by atoms with Crippen molar-refractivity contribution in [3.63, 3.8) is 0 Å². The van der Waals surface area contributed by atoms with Crippen molar-refractivity contribution in [1.82, 2.24) is 10.2 Å². The summed E-state index contributed by atoms with van der Waals surface area (Å²) in [7, 11) is 0. The van der Waals surface area contributed by atoms with Gasteiger partial charge in [-0.3, -0.25) is 0 Å². The summed E-state index contributed by atoms with van der Waals surface area (Å²) in [6, 6.07) is 0. The lowest BCUT2D eigenvalue weighted by Gasteiger charge is -2.27. The summed E-state index contributed by atoms with van der Waals surface area (Å²) in [4.78, 5) is 0. The summed E-state index contributed by atoms with van der Waals surface area (Å²) in [6.07, 6.45) is 6.82. The zero-order valence-corrected chi connectivity index (χ0v) is 11.2. The smallest absolute Gasteiger partial charge is 0.205 e. The molecule has 0 radical (unpaired) electrons. The van der Waals surface area contributed by atoms with Crippen molar-refractivity contribution in [1.29, 1.82) is 0 Å². The maximum atomic E-state index is 9.85. The van der Waals surface area contributed by atoms with Gasteiger partial charge in [-0.1, -0.05) is 24.2 Å². The summed E-state index contributed by atoms with van der Waals surface area (Å²) in [5, 5.41) is 23.0. The Labute approximate surface area is 106 Å². The summed E-state index contributed by atoms with van der Waals surface area (Å²) >= 11 is 1.59. The molecular formula is C12H21N3OS. The van der Waals surface area contributed by atoms with Crippen molar-refractivity contribution in [3.05, 3.63) is 5.01 Å². The van der Waals surface area contributed by atoms with E-state index in [4.69, 9.17) is 0 Å². The van der Waals surface area contributed by atoms with Crippen molar-refractivity contribution in [2.24, 2.45) is 5.92 Å². The fourth-order valence-corrected chi connectivity index (χ4v) is 3.07. The summed E-state index contributed by atoms with van der Waals surface area (Å²) in [5.41, 5.74) is 0. The highest BCUT2D eigenvalue weighted by molar-refractivity contribution is 7.15. The van der Waals surface area contributed by atoms with E-state index in [2.05, 4.69) is 15.5 Å². The first kappa shape index (κ1) is 12.8. The second kappa shape index (κ2) is 6.31. The van der Waals surface area contributed by atoms with Gasteiger partial charge in [0.05, 0.1) is 6.10 Å². The van der Waals surface area contributed by atoms with Gasteiger partial charge in [0.15, 0.2) is 0 Å². The van der Waals surface area contributed by atoms with Crippen LogP contribution in [0.1, 0.15) is 43.5 Å². The molecule has 0 amide bonds. The number of hydrogen-bond donors (Lipinski definition) is 2. The van der Waals surface area contributed by atoms with Gasteiger partial charge < -0.3 is 10.4 Å². The Balaban J connectivity index is 1.62. The molecule has 1 saturated carbocycles. The molecule has 96 valence electrons. The Hall–Kier alpha value is -0.680. The highest BCUT2D eigenvalue weighted by Crippen LogP contribution is 2.27. The van der Waals surface area contributed by atoms with Crippen LogP contribution in [0.15, 0.2) is 0 Å². The molecule has 0 aliphatic heterocycles. The van der Waals surface area contributed by atoms with Crippen molar-refractivity contribution < 1.29 is 5.11 Å². The number of aliphatic hydroxyl groups excluding tert-OH is 1. The third-order valence-corrected chi connectivity index (χ3v) is 4.22. The number of aryl methyl sites for hydroxylation is 1. The summed E-state index contributed by atoms with van der Waals surface area (Å²) < 4.78 is 0. The van der Waals surface area contributed by atoms with Crippen LogP contribution in [0.3, 0.4) is 0 Å². The number of aromatic nitrogens is 2. The van der Waals surface area contributed by atoms with Crippen molar-refractivity contribution in [2.75, 3.05) is 11.9 Å². The van der Waals surface area contributed by atoms with E-state index in [9.17, 15) is 5.11 Å². The van der Waals surface area contributed by atoms with Crippen LogP contribution in [0.4, 0.5) is 5.13 Å². The first-order chi connectivity index (χ1) is 8.25. The number of nitrogens with one attached hydrogen (secondary N) is 1. The predicted molar refractivity (Wildman–Crippen MR) is 70.3 cm³/mol. The van der Waals surface area contributed by atoms with Crippen LogP contribution in [-0.2, 0) is 0 Å². The van der Waals surface area contributed by atoms with E-state index in [1.807, 2.05) is 6.92 Å². The minimum atomic E-state index is -0.0625. The standard InChI is InChI=1S/C12H21N3OS/c1-9-14-15-12(17-9)13-8-4-6-10-5-2-3-7-11(10)16/h10-11,16H,2-8H2,1H3,(H,13,15). The molecule has 17 heavy (non-hydrogen) atoms. The second-order valence-electron chi connectivity index (χ2n) is 4.81. The third kappa shape index (κ3) is 3.92. The number of aliphatic hydroxyl groups is 1. The van der Waals surface area contributed by atoms with Gasteiger partial charge in [-0.05, 0) is 38.5 Å². The molecule has 1 fully saturated rings. The lowest BCUT2D eigenvalue weighted by Crippen LogP contribution is -2.24. The molecule has 2 atom stereocenters. The Kier molecular flexibility index (Phi) is 4.74. The molecule has 1 aromatic heterocycles. The van der Waals surface area contributed by atoms with Crippen LogP contribution >= 0.6 is 11.3 Å². The molecule has 5 heteroatoms. The van der Waals surface area contributed by atoms with E-state index in [-0.39, 0.29) is 6.10 Å². The van der Waals surface area contributed by atoms with Gasteiger partial charge in [-0.25, -0.2) is 0 Å². The van der Waals surface area contributed by atoms with E-state index in [1.54, 1.807) is 11.3 Å². The molecule has 2 N–H and O–H groups in total. The maximum absolute atomic E-state index is 9.85. The monoisotopic (exact) mass is 255 g/mol. The fraction of sp³-hybridized carbons (Fsp3) is 0.833. The van der Waals surface area contributed by atoms with Gasteiger partial charge in [0.2, 0.25) is 5.13 Å². The SMILES string of the molecule is Cc1nnc(NCCCC2CCCCC2O)s1. The first-order valence-corrected chi connectivity index (χ1v) is 7.29. The molecule has 1 aromatic rings. The molecule has 0 spiro atoms. The summed E-state index contributed by atoms with van der Waals surface area (Å²) in [5.74, 6) is 0.515. The molecule has 1 aliphatic rings. The van der Waals surface area contributed by atoms with Crippen LogP contribution < -0.4 is 5.32 Å². The van der Waals surface area contributed by atoms with Crippen molar-refractivity contribution >= 4 is 16.5 Å². The summed E-state index contributed by atoms with van der Waals surface area (Å²) in [6.45, 7) is 2.89. The topological polar surface area (TPSA) is 58.0 Å². The molecule has 0 aromatic carbocycles. The second-order valence-corrected chi connectivity index (χ2v) is 5.99. The molecule has 2 unspecified atom stereocenters. The lowest BCUT2D eigenvalue weighted by atomic mass is 9.83. The lowest BCUT2D eigenvalue weighted by molar-refractivity contribution is 0.0648. The van der Waals surface area contributed by atoms with Gasteiger partial charge in [-0.15, -0.1) is 10.2 Å². The van der Waals surface area contributed by atoms with E-state index >= 15 is 0 Å². The van der Waals surface area contributed by atoms with Gasteiger partial charge in [0, 0.05) is 6.54 Å². The molecular weight excluding hydrogens is 234 g/mol. The van der Waals surface area contributed by atoms with E-state index in [1.165, 1.54) is 19.3 Å². The molecule has 1 aliphatic carbocycles. The van der Waals surface area contributed by atoms with E-state index in [0.29, 0.717) is 5.92 Å². The Bertz CT molecular complexity index is 342. The molecule has 1 heterocycles. The zero-order chi connectivity index (χ0) is 12.1. The number of anilines is 1. The van der Waals surface area contributed by atoms with Crippen molar-refractivity contribution in [3.8, 4) is 0 Å². The van der Waals surface area contributed by atoms with Gasteiger partial charge in [0.1, 0.15) is 5.01 Å². The average Bonchev–Trinajstić information content (AvgIpc) is 2.73. The highest BCUT2D eigenvalue weighted by atomic mass is 32.1. The van der Waals surface area contributed by atoms with Crippen LogP contribution in [0.5, 0.6) is 0 Å². The Morgan fingerprint density at radius 2 is 2.18 bits per heavy atom. The minimum Gasteiger partial charge on any atom is -0.393 e.